The molecule has 1 fully saturated rings. The van der Waals surface area contributed by atoms with Gasteiger partial charge in [-0.1, -0.05) is 18.2 Å². The lowest BCUT2D eigenvalue weighted by Crippen LogP contribution is -2.58. The number of hydrogen-bond donors (Lipinski definition) is 0. The third-order valence-corrected chi connectivity index (χ3v) is 5.92. The summed E-state index contributed by atoms with van der Waals surface area (Å²) in [5, 5.41) is 7.04. The fourth-order valence-electron chi connectivity index (χ4n) is 4.04. The van der Waals surface area contributed by atoms with E-state index in [2.05, 4.69) is 15.2 Å². The second-order valence-electron chi connectivity index (χ2n) is 8.70. The molecule has 186 valence electrons. The van der Waals surface area contributed by atoms with Gasteiger partial charge in [0.15, 0.2) is 0 Å². The van der Waals surface area contributed by atoms with Gasteiger partial charge in [0.1, 0.15) is 5.65 Å². The Labute approximate surface area is 204 Å². The third kappa shape index (κ3) is 4.49. The molecule has 0 saturated carbocycles. The highest BCUT2D eigenvalue weighted by Crippen LogP contribution is 2.27. The van der Waals surface area contributed by atoms with Crippen molar-refractivity contribution in [2.24, 2.45) is 5.92 Å². The first kappa shape index (κ1) is 23.4. The van der Waals surface area contributed by atoms with Crippen LogP contribution in [0.2, 0.25) is 0 Å². The van der Waals surface area contributed by atoms with Gasteiger partial charge < -0.3 is 23.5 Å². The average molecular weight is 495 g/mol. The Balaban J connectivity index is 1.37. The summed E-state index contributed by atoms with van der Waals surface area (Å²) in [7, 11) is 3.36. The predicted molar refractivity (Wildman–Crippen MR) is 125 cm³/mol. The Morgan fingerprint density at radius 2 is 1.89 bits per heavy atom. The minimum absolute atomic E-state index is 0.0275. The van der Waals surface area contributed by atoms with Crippen LogP contribution in [-0.2, 0) is 11.3 Å². The van der Waals surface area contributed by atoms with E-state index in [1.165, 1.54) is 4.90 Å². The normalized spacial score (nSPS) is 13.8. The number of carbonyl (C=O) groups excluding carboxylic acids is 2. The standard InChI is InChI=1S/C24H23F2N7O3/c1-30(2)24(35)32-11-16(12-32)23(34)33(18-6-4-3-5-7-18)14-17-13-31-9-8-15(10-19(31)27-17)21-28-29-22(36-21)20(25)26/h3-10,13,16,20H,11-12,14H2,1-2H3. The maximum atomic E-state index is 13.4. The molecular formula is C24H23F2N7O3. The molecular weight excluding hydrogens is 472 g/mol. The monoisotopic (exact) mass is 495 g/mol. The molecule has 10 nitrogen and oxygen atoms in total. The van der Waals surface area contributed by atoms with E-state index in [9.17, 15) is 18.4 Å². The van der Waals surface area contributed by atoms with E-state index in [-0.39, 0.29) is 30.3 Å². The summed E-state index contributed by atoms with van der Waals surface area (Å²) >= 11 is 0. The number of pyridine rings is 1. The Morgan fingerprint density at radius 1 is 1.14 bits per heavy atom. The molecule has 36 heavy (non-hydrogen) atoms. The Morgan fingerprint density at radius 3 is 2.56 bits per heavy atom. The maximum Gasteiger partial charge on any atom is 0.319 e. The van der Waals surface area contributed by atoms with Crippen LogP contribution < -0.4 is 4.90 Å². The number of para-hydroxylation sites is 1. The molecule has 1 saturated heterocycles. The number of imidazole rings is 1. The lowest BCUT2D eigenvalue weighted by Gasteiger charge is -2.41. The van der Waals surface area contributed by atoms with Crippen LogP contribution in [0.1, 0.15) is 18.0 Å². The Kier molecular flexibility index (Phi) is 6.08. The number of carbonyl (C=O) groups is 2. The van der Waals surface area contributed by atoms with Gasteiger partial charge in [0.2, 0.25) is 11.8 Å². The molecule has 3 aromatic heterocycles. The summed E-state index contributed by atoms with van der Waals surface area (Å²) in [5.74, 6) is -1.17. The molecule has 12 heteroatoms. The average Bonchev–Trinajstić information content (AvgIpc) is 3.48. The van der Waals surface area contributed by atoms with Crippen LogP contribution >= 0.6 is 0 Å². The van der Waals surface area contributed by atoms with Gasteiger partial charge in [0.25, 0.3) is 5.89 Å². The van der Waals surface area contributed by atoms with Crippen LogP contribution in [0.5, 0.6) is 0 Å². The van der Waals surface area contributed by atoms with Crippen molar-refractivity contribution in [2.45, 2.75) is 13.0 Å². The fraction of sp³-hybridized carbons (Fsp3) is 0.292. The highest BCUT2D eigenvalue weighted by atomic mass is 19.3. The highest BCUT2D eigenvalue weighted by molar-refractivity contribution is 5.96. The number of halogens is 2. The fourth-order valence-corrected chi connectivity index (χ4v) is 4.04. The largest absolute Gasteiger partial charge is 0.415 e. The zero-order chi connectivity index (χ0) is 25.4. The number of amides is 3. The number of hydrogen-bond acceptors (Lipinski definition) is 6. The number of aromatic nitrogens is 4. The van der Waals surface area contributed by atoms with Crippen LogP contribution in [0.25, 0.3) is 17.1 Å². The number of nitrogens with zero attached hydrogens (tertiary/aromatic N) is 7. The minimum Gasteiger partial charge on any atom is -0.415 e. The van der Waals surface area contributed by atoms with Crippen LogP contribution in [-0.4, -0.2) is 68.5 Å². The van der Waals surface area contributed by atoms with Crippen LogP contribution in [0.4, 0.5) is 19.3 Å². The lowest BCUT2D eigenvalue weighted by atomic mass is 9.98. The molecule has 0 N–H and O–H groups in total. The van der Waals surface area contributed by atoms with Gasteiger partial charge in [-0.3, -0.25) is 4.79 Å². The van der Waals surface area contributed by atoms with E-state index < -0.39 is 12.3 Å². The number of urea groups is 1. The molecule has 0 spiro atoms. The SMILES string of the molecule is CN(C)C(=O)N1CC(C(=O)N(Cc2cn3ccc(-c4nnc(C(F)F)o4)cc3n2)c2ccccc2)C1. The second-order valence-corrected chi connectivity index (χ2v) is 8.70. The molecule has 0 bridgehead atoms. The van der Waals surface area contributed by atoms with Crippen LogP contribution in [0.15, 0.2) is 59.3 Å². The summed E-state index contributed by atoms with van der Waals surface area (Å²) in [5.41, 5.74) is 2.34. The molecule has 3 amide bonds. The molecule has 1 aliphatic rings. The zero-order valence-electron chi connectivity index (χ0n) is 19.6. The van der Waals surface area contributed by atoms with Gasteiger partial charge in [-0.25, -0.2) is 9.78 Å². The first-order valence-electron chi connectivity index (χ1n) is 11.2. The molecule has 0 unspecified atom stereocenters. The second kappa shape index (κ2) is 9.36. The van der Waals surface area contributed by atoms with Gasteiger partial charge in [0, 0.05) is 50.8 Å². The van der Waals surface area contributed by atoms with E-state index in [1.807, 2.05) is 30.3 Å². The number of alkyl halides is 2. The number of rotatable bonds is 6. The quantitative estimate of drug-likeness (QED) is 0.406. The van der Waals surface area contributed by atoms with Crippen molar-refractivity contribution < 1.29 is 22.8 Å². The van der Waals surface area contributed by atoms with Gasteiger partial charge >= 0.3 is 12.5 Å². The predicted octanol–water partition coefficient (Wildman–Crippen LogP) is 3.47. The van der Waals surface area contributed by atoms with Crippen molar-refractivity contribution in [2.75, 3.05) is 32.1 Å². The van der Waals surface area contributed by atoms with Crippen molar-refractivity contribution in [3.8, 4) is 11.5 Å². The van der Waals surface area contributed by atoms with Crippen molar-refractivity contribution in [1.82, 2.24) is 29.4 Å². The topological polar surface area (TPSA) is 100 Å². The number of benzene rings is 1. The van der Waals surface area contributed by atoms with E-state index in [4.69, 9.17) is 4.42 Å². The van der Waals surface area contributed by atoms with Gasteiger partial charge in [-0.2, -0.15) is 8.78 Å². The van der Waals surface area contributed by atoms with Gasteiger partial charge in [-0.15, -0.1) is 10.2 Å². The van der Waals surface area contributed by atoms with Crippen LogP contribution in [0.3, 0.4) is 0 Å². The minimum atomic E-state index is -2.85. The maximum absolute atomic E-state index is 13.4. The van der Waals surface area contributed by atoms with E-state index >= 15 is 0 Å². The summed E-state index contributed by atoms with van der Waals surface area (Å²) < 4.78 is 32.4. The van der Waals surface area contributed by atoms with Crippen molar-refractivity contribution in [3.63, 3.8) is 0 Å². The molecule has 1 aliphatic heterocycles. The first-order valence-corrected chi connectivity index (χ1v) is 11.2. The zero-order valence-corrected chi connectivity index (χ0v) is 19.6. The number of likely N-dealkylation sites (tertiary alicyclic amines) is 1. The molecule has 0 radical (unpaired) electrons. The smallest absolute Gasteiger partial charge is 0.319 e. The summed E-state index contributed by atoms with van der Waals surface area (Å²) in [6, 6.07) is 12.5. The first-order chi connectivity index (χ1) is 17.3. The molecule has 4 aromatic rings. The van der Waals surface area contributed by atoms with Crippen molar-refractivity contribution in [3.05, 3.63) is 66.4 Å². The molecule has 5 rings (SSSR count). The highest BCUT2D eigenvalue weighted by Gasteiger charge is 2.39. The molecule has 4 heterocycles. The van der Waals surface area contributed by atoms with Crippen LogP contribution in [0, 0.1) is 5.92 Å². The van der Waals surface area contributed by atoms with Crippen molar-refractivity contribution in [1.29, 1.82) is 0 Å². The van der Waals surface area contributed by atoms with E-state index in [1.54, 1.807) is 52.8 Å². The number of fused-ring (bicyclic) bond motifs is 1. The lowest BCUT2D eigenvalue weighted by molar-refractivity contribution is -0.126. The summed E-state index contributed by atoms with van der Waals surface area (Å²) in [4.78, 5) is 35.0. The summed E-state index contributed by atoms with van der Waals surface area (Å²) in [6.07, 6.45) is 0.653. The molecule has 0 atom stereocenters. The third-order valence-electron chi connectivity index (χ3n) is 5.92. The number of anilines is 1. The Bertz CT molecular complexity index is 1400. The van der Waals surface area contributed by atoms with Gasteiger partial charge in [-0.05, 0) is 24.3 Å². The Hall–Kier alpha value is -4.35. The van der Waals surface area contributed by atoms with Gasteiger partial charge in [0.05, 0.1) is 18.2 Å². The van der Waals surface area contributed by atoms with E-state index in [0.29, 0.717) is 30.0 Å². The molecule has 1 aromatic carbocycles. The van der Waals surface area contributed by atoms with Crippen molar-refractivity contribution >= 4 is 23.3 Å². The van der Waals surface area contributed by atoms with E-state index in [0.717, 1.165) is 5.69 Å². The molecule has 0 aliphatic carbocycles. The summed E-state index contributed by atoms with van der Waals surface area (Å²) in [6.45, 7) is 0.936.